The Kier molecular flexibility index (Phi) is 4.09. The standard InChI is InChI=1S/C11H17NO4/c1-11(2,4-5-13)12-7-9-8(10(14)15)3-6-16-9/h3,6,12-13H,4-5,7H2,1-2H3,(H,14,15). The van der Waals surface area contributed by atoms with Crippen LogP contribution in [0.15, 0.2) is 16.7 Å². The molecule has 0 spiro atoms. The van der Waals surface area contributed by atoms with Crippen LogP contribution in [0, 0.1) is 0 Å². The molecule has 1 aromatic heterocycles. The van der Waals surface area contributed by atoms with E-state index in [2.05, 4.69) is 5.32 Å². The van der Waals surface area contributed by atoms with Crippen molar-refractivity contribution in [1.82, 2.24) is 5.32 Å². The van der Waals surface area contributed by atoms with Crippen LogP contribution < -0.4 is 5.32 Å². The number of hydrogen-bond donors (Lipinski definition) is 3. The van der Waals surface area contributed by atoms with Crippen molar-refractivity contribution >= 4 is 5.97 Å². The van der Waals surface area contributed by atoms with Crippen LogP contribution in [0.25, 0.3) is 0 Å². The van der Waals surface area contributed by atoms with Crippen LogP contribution in [0.3, 0.4) is 0 Å². The summed E-state index contributed by atoms with van der Waals surface area (Å²) in [4.78, 5) is 10.8. The van der Waals surface area contributed by atoms with E-state index in [1.54, 1.807) is 0 Å². The number of aromatic carboxylic acids is 1. The van der Waals surface area contributed by atoms with Gasteiger partial charge in [-0.1, -0.05) is 0 Å². The predicted octanol–water partition coefficient (Wildman–Crippen LogP) is 1.23. The molecule has 90 valence electrons. The molecule has 0 aliphatic carbocycles. The molecule has 0 amide bonds. The molecule has 1 aromatic rings. The normalized spacial score (nSPS) is 11.7. The quantitative estimate of drug-likeness (QED) is 0.680. The van der Waals surface area contributed by atoms with Crippen molar-refractivity contribution in [3.05, 3.63) is 23.7 Å². The third-order valence-corrected chi connectivity index (χ3v) is 2.44. The van der Waals surface area contributed by atoms with Crippen molar-refractivity contribution in [3.63, 3.8) is 0 Å². The number of aliphatic hydroxyl groups excluding tert-OH is 1. The Morgan fingerprint density at radius 3 is 2.81 bits per heavy atom. The fourth-order valence-corrected chi connectivity index (χ4v) is 1.36. The smallest absolute Gasteiger partial charge is 0.339 e. The highest BCUT2D eigenvalue weighted by atomic mass is 16.4. The number of rotatable bonds is 6. The number of furan rings is 1. The Bertz CT molecular complexity index is 357. The Balaban J connectivity index is 2.61. The lowest BCUT2D eigenvalue weighted by molar-refractivity contribution is 0.0693. The molecule has 16 heavy (non-hydrogen) atoms. The third-order valence-electron chi connectivity index (χ3n) is 2.44. The van der Waals surface area contributed by atoms with E-state index >= 15 is 0 Å². The maximum absolute atomic E-state index is 10.8. The van der Waals surface area contributed by atoms with E-state index in [1.165, 1.54) is 12.3 Å². The number of carbonyl (C=O) groups is 1. The van der Waals surface area contributed by atoms with Crippen LogP contribution in [0.4, 0.5) is 0 Å². The Morgan fingerprint density at radius 1 is 1.56 bits per heavy atom. The zero-order valence-electron chi connectivity index (χ0n) is 9.49. The van der Waals surface area contributed by atoms with Gasteiger partial charge in [0.1, 0.15) is 11.3 Å². The molecule has 1 heterocycles. The Labute approximate surface area is 94.1 Å². The highest BCUT2D eigenvalue weighted by molar-refractivity contribution is 5.88. The van der Waals surface area contributed by atoms with Crippen LogP contribution in [0.2, 0.25) is 0 Å². The Hall–Kier alpha value is -1.33. The van der Waals surface area contributed by atoms with Crippen LogP contribution in [0.1, 0.15) is 36.4 Å². The minimum absolute atomic E-state index is 0.0872. The van der Waals surface area contributed by atoms with Crippen LogP contribution in [0.5, 0.6) is 0 Å². The van der Waals surface area contributed by atoms with Gasteiger partial charge in [-0.15, -0.1) is 0 Å². The first-order valence-electron chi connectivity index (χ1n) is 5.12. The van der Waals surface area contributed by atoms with E-state index < -0.39 is 5.97 Å². The van der Waals surface area contributed by atoms with E-state index in [4.69, 9.17) is 14.6 Å². The zero-order chi connectivity index (χ0) is 12.2. The first-order valence-corrected chi connectivity index (χ1v) is 5.12. The molecule has 5 heteroatoms. The van der Waals surface area contributed by atoms with Crippen molar-refractivity contribution in [2.24, 2.45) is 0 Å². The molecule has 3 N–H and O–H groups in total. The SMILES string of the molecule is CC(C)(CCO)NCc1occc1C(=O)O. The van der Waals surface area contributed by atoms with Gasteiger partial charge in [0.2, 0.25) is 0 Å². The summed E-state index contributed by atoms with van der Waals surface area (Å²) < 4.78 is 5.09. The maximum Gasteiger partial charge on any atom is 0.339 e. The molecule has 0 unspecified atom stereocenters. The minimum atomic E-state index is -0.995. The van der Waals surface area contributed by atoms with Gasteiger partial charge < -0.3 is 19.9 Å². The van der Waals surface area contributed by atoms with Gasteiger partial charge in [-0.2, -0.15) is 0 Å². The monoisotopic (exact) mass is 227 g/mol. The highest BCUT2D eigenvalue weighted by Crippen LogP contribution is 2.13. The van der Waals surface area contributed by atoms with Crippen molar-refractivity contribution in [1.29, 1.82) is 0 Å². The molecule has 0 aliphatic rings. The van der Waals surface area contributed by atoms with Gasteiger partial charge in [-0.3, -0.25) is 0 Å². The Morgan fingerprint density at radius 2 is 2.25 bits per heavy atom. The number of hydrogen-bond acceptors (Lipinski definition) is 4. The molecular weight excluding hydrogens is 210 g/mol. The van der Waals surface area contributed by atoms with E-state index in [1.807, 2.05) is 13.8 Å². The van der Waals surface area contributed by atoms with Crippen molar-refractivity contribution in [2.75, 3.05) is 6.61 Å². The molecule has 0 aromatic carbocycles. The van der Waals surface area contributed by atoms with Crippen molar-refractivity contribution in [3.8, 4) is 0 Å². The largest absolute Gasteiger partial charge is 0.478 e. The number of aliphatic hydroxyl groups is 1. The lowest BCUT2D eigenvalue weighted by Gasteiger charge is -2.24. The van der Waals surface area contributed by atoms with Gasteiger partial charge >= 0.3 is 5.97 Å². The molecule has 0 bridgehead atoms. The first-order chi connectivity index (χ1) is 7.46. The minimum Gasteiger partial charge on any atom is -0.478 e. The lowest BCUT2D eigenvalue weighted by atomic mass is 10.0. The highest BCUT2D eigenvalue weighted by Gasteiger charge is 2.19. The molecule has 1 rings (SSSR count). The molecule has 0 saturated carbocycles. The van der Waals surface area contributed by atoms with Gasteiger partial charge in [0, 0.05) is 12.1 Å². The van der Waals surface area contributed by atoms with Crippen LogP contribution in [-0.4, -0.2) is 28.3 Å². The molecule has 0 atom stereocenters. The molecule has 0 radical (unpaired) electrons. The van der Waals surface area contributed by atoms with Gasteiger partial charge in [0.15, 0.2) is 0 Å². The number of carboxylic acids is 1. The fourth-order valence-electron chi connectivity index (χ4n) is 1.36. The van der Waals surface area contributed by atoms with Crippen molar-refractivity contribution in [2.45, 2.75) is 32.4 Å². The van der Waals surface area contributed by atoms with Crippen LogP contribution >= 0.6 is 0 Å². The van der Waals surface area contributed by atoms with E-state index in [-0.39, 0.29) is 17.7 Å². The molecular formula is C11H17NO4. The zero-order valence-corrected chi connectivity index (χ0v) is 9.49. The summed E-state index contributed by atoms with van der Waals surface area (Å²) >= 11 is 0. The summed E-state index contributed by atoms with van der Waals surface area (Å²) in [6, 6.07) is 1.43. The average Bonchev–Trinajstić information content (AvgIpc) is 2.62. The van der Waals surface area contributed by atoms with Crippen LogP contribution in [-0.2, 0) is 6.54 Å². The second-order valence-electron chi connectivity index (χ2n) is 4.27. The second-order valence-corrected chi connectivity index (χ2v) is 4.27. The van der Waals surface area contributed by atoms with Gasteiger partial charge in [0.05, 0.1) is 12.8 Å². The average molecular weight is 227 g/mol. The molecule has 0 saturated heterocycles. The summed E-state index contributed by atoms with van der Waals surface area (Å²) in [5.74, 6) is -0.593. The number of carboxylic acid groups (broad SMARTS) is 1. The molecule has 0 aliphatic heterocycles. The van der Waals surface area contributed by atoms with E-state index in [0.29, 0.717) is 18.7 Å². The summed E-state index contributed by atoms with van der Waals surface area (Å²) in [6.07, 6.45) is 1.95. The summed E-state index contributed by atoms with van der Waals surface area (Å²) in [7, 11) is 0. The van der Waals surface area contributed by atoms with Gasteiger partial charge in [-0.25, -0.2) is 4.79 Å². The summed E-state index contributed by atoms with van der Waals surface area (Å²) in [5, 5.41) is 20.8. The third kappa shape index (κ3) is 3.36. The summed E-state index contributed by atoms with van der Waals surface area (Å²) in [6.45, 7) is 4.30. The van der Waals surface area contributed by atoms with Gasteiger partial charge in [-0.05, 0) is 26.3 Å². The van der Waals surface area contributed by atoms with Gasteiger partial charge in [0.25, 0.3) is 0 Å². The van der Waals surface area contributed by atoms with E-state index in [9.17, 15) is 4.79 Å². The first kappa shape index (κ1) is 12.7. The molecule has 0 fully saturated rings. The number of nitrogens with one attached hydrogen (secondary N) is 1. The summed E-state index contributed by atoms with van der Waals surface area (Å²) in [5.41, 5.74) is -0.0792. The molecule has 5 nitrogen and oxygen atoms in total. The maximum atomic E-state index is 10.8. The van der Waals surface area contributed by atoms with Crippen molar-refractivity contribution < 1.29 is 19.4 Å². The lowest BCUT2D eigenvalue weighted by Crippen LogP contribution is -2.39. The predicted molar refractivity (Wildman–Crippen MR) is 58.3 cm³/mol. The van der Waals surface area contributed by atoms with E-state index in [0.717, 1.165) is 0 Å². The fraction of sp³-hybridized carbons (Fsp3) is 0.545. The second kappa shape index (κ2) is 5.14. The topological polar surface area (TPSA) is 82.7 Å².